The standard InChI is InChI=1S/C23H27ClN4O3/c1-14(2)21(22(30)25-18-6-3-5-17(24)10-18)26-23(31)27-11-15-9-16(13-27)19-7-4-8-20(29)28(19)12-15/h3-8,10,14-16,21H,9,11-13H2,1-2H3,(H,25,30)(H,26,31). The topological polar surface area (TPSA) is 83.4 Å². The zero-order valence-corrected chi connectivity index (χ0v) is 18.4. The van der Waals surface area contributed by atoms with Crippen LogP contribution in [-0.4, -0.2) is 40.5 Å². The van der Waals surface area contributed by atoms with E-state index in [1.54, 1.807) is 41.3 Å². The van der Waals surface area contributed by atoms with Gasteiger partial charge in [-0.3, -0.25) is 9.59 Å². The van der Waals surface area contributed by atoms with Crippen LogP contribution in [-0.2, 0) is 11.3 Å². The van der Waals surface area contributed by atoms with Gasteiger partial charge in [-0.1, -0.05) is 37.6 Å². The summed E-state index contributed by atoms with van der Waals surface area (Å²) < 4.78 is 1.84. The van der Waals surface area contributed by atoms with E-state index in [1.165, 1.54) is 0 Å². The Morgan fingerprint density at radius 2 is 1.87 bits per heavy atom. The number of urea groups is 1. The number of pyridine rings is 1. The summed E-state index contributed by atoms with van der Waals surface area (Å²) in [4.78, 5) is 39.9. The van der Waals surface area contributed by atoms with E-state index in [9.17, 15) is 14.4 Å². The van der Waals surface area contributed by atoms with Gasteiger partial charge < -0.3 is 20.1 Å². The predicted octanol–water partition coefficient (Wildman–Crippen LogP) is 3.29. The molecule has 0 spiro atoms. The van der Waals surface area contributed by atoms with Crippen molar-refractivity contribution < 1.29 is 9.59 Å². The molecule has 3 amide bonds. The molecule has 2 bridgehead atoms. The van der Waals surface area contributed by atoms with E-state index in [0.29, 0.717) is 30.3 Å². The third-order valence-electron chi connectivity index (χ3n) is 6.09. The van der Waals surface area contributed by atoms with Crippen molar-refractivity contribution in [2.75, 3.05) is 18.4 Å². The smallest absolute Gasteiger partial charge is 0.318 e. The minimum absolute atomic E-state index is 0.0164. The molecule has 0 radical (unpaired) electrons. The summed E-state index contributed by atoms with van der Waals surface area (Å²) in [6.45, 7) is 5.53. The Bertz CT molecular complexity index is 1050. The average Bonchev–Trinajstić information content (AvgIpc) is 2.72. The van der Waals surface area contributed by atoms with Crippen LogP contribution in [0.15, 0.2) is 47.3 Å². The molecule has 2 aliphatic heterocycles. The number of fused-ring (bicyclic) bond motifs is 4. The molecule has 2 aromatic rings. The Morgan fingerprint density at radius 1 is 1.10 bits per heavy atom. The summed E-state index contributed by atoms with van der Waals surface area (Å²) in [6.07, 6.45) is 0.968. The van der Waals surface area contributed by atoms with Crippen molar-refractivity contribution in [1.82, 2.24) is 14.8 Å². The van der Waals surface area contributed by atoms with Crippen LogP contribution in [0.4, 0.5) is 10.5 Å². The highest BCUT2D eigenvalue weighted by molar-refractivity contribution is 6.30. The van der Waals surface area contributed by atoms with E-state index in [0.717, 1.165) is 12.1 Å². The molecule has 8 heteroatoms. The molecule has 3 heterocycles. The fourth-order valence-corrected chi connectivity index (χ4v) is 4.80. The Labute approximate surface area is 186 Å². The molecule has 0 aliphatic carbocycles. The van der Waals surface area contributed by atoms with Crippen LogP contribution in [0.25, 0.3) is 0 Å². The van der Waals surface area contributed by atoms with Crippen LogP contribution in [0.5, 0.6) is 0 Å². The quantitative estimate of drug-likeness (QED) is 0.762. The third-order valence-corrected chi connectivity index (χ3v) is 6.32. The molecule has 7 nitrogen and oxygen atoms in total. The van der Waals surface area contributed by atoms with Gasteiger partial charge in [0.15, 0.2) is 0 Å². The van der Waals surface area contributed by atoms with Crippen LogP contribution in [0.2, 0.25) is 5.02 Å². The highest BCUT2D eigenvalue weighted by atomic mass is 35.5. The number of nitrogens with zero attached hydrogens (tertiary/aromatic N) is 2. The second kappa shape index (κ2) is 8.75. The molecule has 3 atom stereocenters. The van der Waals surface area contributed by atoms with E-state index in [4.69, 9.17) is 11.6 Å². The molecule has 31 heavy (non-hydrogen) atoms. The summed E-state index contributed by atoms with van der Waals surface area (Å²) in [5.74, 6) is -0.00808. The SMILES string of the molecule is CC(C)C(NC(=O)N1CC2CC(C1)c1cccc(=O)n1C2)C(=O)Nc1cccc(Cl)c1. The van der Waals surface area contributed by atoms with E-state index in [2.05, 4.69) is 10.6 Å². The van der Waals surface area contributed by atoms with Crippen molar-refractivity contribution in [2.24, 2.45) is 11.8 Å². The van der Waals surface area contributed by atoms with Crippen LogP contribution in [0.1, 0.15) is 31.9 Å². The molecule has 4 rings (SSSR count). The molecule has 1 saturated heterocycles. The maximum absolute atomic E-state index is 13.1. The Morgan fingerprint density at radius 3 is 2.61 bits per heavy atom. The summed E-state index contributed by atoms with van der Waals surface area (Å²) in [7, 11) is 0. The molecule has 0 saturated carbocycles. The van der Waals surface area contributed by atoms with Gasteiger partial charge in [0.1, 0.15) is 6.04 Å². The van der Waals surface area contributed by atoms with Crippen LogP contribution in [0, 0.1) is 11.8 Å². The average molecular weight is 443 g/mol. The molecule has 1 aromatic carbocycles. The van der Waals surface area contributed by atoms with Crippen molar-refractivity contribution in [2.45, 2.75) is 38.8 Å². The molecule has 164 valence electrons. The van der Waals surface area contributed by atoms with Gasteiger partial charge in [0.05, 0.1) is 0 Å². The summed E-state index contributed by atoms with van der Waals surface area (Å²) in [6, 6.07) is 11.3. The maximum Gasteiger partial charge on any atom is 0.318 e. The van der Waals surface area contributed by atoms with E-state index < -0.39 is 6.04 Å². The first-order chi connectivity index (χ1) is 14.8. The first-order valence-corrected chi connectivity index (χ1v) is 11.0. The Balaban J connectivity index is 1.45. The number of amides is 3. The lowest BCUT2D eigenvalue weighted by molar-refractivity contribution is -0.118. The van der Waals surface area contributed by atoms with Crippen molar-refractivity contribution in [3.05, 3.63) is 63.5 Å². The van der Waals surface area contributed by atoms with Gasteiger partial charge in [-0.25, -0.2) is 4.79 Å². The third kappa shape index (κ3) is 4.61. The normalized spacial score (nSPS) is 20.7. The number of anilines is 1. The minimum atomic E-state index is -0.678. The largest absolute Gasteiger partial charge is 0.326 e. The van der Waals surface area contributed by atoms with Gasteiger partial charge in [-0.2, -0.15) is 0 Å². The fraction of sp³-hybridized carbons (Fsp3) is 0.435. The molecule has 3 unspecified atom stereocenters. The number of likely N-dealkylation sites (tertiary alicyclic amines) is 1. The van der Waals surface area contributed by atoms with Crippen molar-refractivity contribution >= 4 is 29.2 Å². The Kier molecular flexibility index (Phi) is 6.05. The van der Waals surface area contributed by atoms with Crippen LogP contribution < -0.4 is 16.2 Å². The van der Waals surface area contributed by atoms with Crippen molar-refractivity contribution in [3.63, 3.8) is 0 Å². The van der Waals surface area contributed by atoms with E-state index in [-0.39, 0.29) is 35.3 Å². The number of piperidine rings is 1. The summed E-state index contributed by atoms with van der Waals surface area (Å²) in [5, 5.41) is 6.29. The number of carbonyl (C=O) groups excluding carboxylic acids is 2. The first kappa shape index (κ1) is 21.4. The molecule has 1 fully saturated rings. The zero-order valence-electron chi connectivity index (χ0n) is 17.7. The lowest BCUT2D eigenvalue weighted by Crippen LogP contribution is -2.56. The van der Waals surface area contributed by atoms with Gasteiger partial charge in [0.2, 0.25) is 5.91 Å². The number of nitrogens with one attached hydrogen (secondary N) is 2. The second-order valence-corrected chi connectivity index (χ2v) is 9.21. The number of benzene rings is 1. The predicted molar refractivity (Wildman–Crippen MR) is 120 cm³/mol. The number of hydrogen-bond acceptors (Lipinski definition) is 3. The molecular formula is C23H27ClN4O3. The molecule has 2 N–H and O–H groups in total. The number of aromatic nitrogens is 1. The first-order valence-electron chi connectivity index (χ1n) is 10.6. The second-order valence-electron chi connectivity index (χ2n) is 8.77. The van der Waals surface area contributed by atoms with Gasteiger partial charge in [-0.05, 0) is 42.5 Å². The number of halogens is 1. The lowest BCUT2D eigenvalue weighted by Gasteiger charge is -2.43. The van der Waals surface area contributed by atoms with Crippen molar-refractivity contribution in [1.29, 1.82) is 0 Å². The monoisotopic (exact) mass is 442 g/mol. The molecule has 1 aromatic heterocycles. The Hall–Kier alpha value is -2.80. The lowest BCUT2D eigenvalue weighted by atomic mass is 9.83. The van der Waals surface area contributed by atoms with E-state index >= 15 is 0 Å². The maximum atomic E-state index is 13.1. The highest BCUT2D eigenvalue weighted by Gasteiger charge is 2.37. The van der Waals surface area contributed by atoms with Crippen LogP contribution in [0.3, 0.4) is 0 Å². The summed E-state index contributed by atoms with van der Waals surface area (Å²) >= 11 is 6.00. The van der Waals surface area contributed by atoms with Gasteiger partial charge in [0, 0.05) is 48.0 Å². The van der Waals surface area contributed by atoms with Crippen molar-refractivity contribution in [3.8, 4) is 0 Å². The number of carbonyl (C=O) groups is 2. The van der Waals surface area contributed by atoms with Gasteiger partial charge in [0.25, 0.3) is 5.56 Å². The number of rotatable bonds is 4. The van der Waals surface area contributed by atoms with E-state index in [1.807, 2.05) is 24.5 Å². The minimum Gasteiger partial charge on any atom is -0.326 e. The van der Waals surface area contributed by atoms with Gasteiger partial charge >= 0.3 is 6.03 Å². The summed E-state index contributed by atoms with van der Waals surface area (Å²) in [5.41, 5.74) is 1.59. The molecular weight excluding hydrogens is 416 g/mol. The van der Waals surface area contributed by atoms with Crippen LogP contribution >= 0.6 is 11.6 Å². The number of hydrogen-bond donors (Lipinski definition) is 2. The zero-order chi connectivity index (χ0) is 22.1. The van der Waals surface area contributed by atoms with Gasteiger partial charge in [-0.15, -0.1) is 0 Å². The fourth-order valence-electron chi connectivity index (χ4n) is 4.61. The highest BCUT2D eigenvalue weighted by Crippen LogP contribution is 2.35. The molecule has 2 aliphatic rings.